The fourth-order valence-electron chi connectivity index (χ4n) is 0.967. The lowest BCUT2D eigenvalue weighted by atomic mass is 10.1. The number of rotatable bonds is 5. The fourth-order valence-corrected chi connectivity index (χ4v) is 0.967. The first-order valence-corrected chi connectivity index (χ1v) is 3.99. The van der Waals surface area contributed by atoms with Crippen LogP contribution in [0.5, 0.6) is 0 Å². The van der Waals surface area contributed by atoms with Crippen LogP contribution in [0.4, 0.5) is 0 Å². The van der Waals surface area contributed by atoms with Gasteiger partial charge in [0, 0.05) is 13.0 Å². The Morgan fingerprint density at radius 3 is 2.55 bits per heavy atom. The normalized spacial score (nSPS) is 15.5. The van der Waals surface area contributed by atoms with Gasteiger partial charge in [0.05, 0.1) is 12.2 Å². The van der Waals surface area contributed by atoms with Gasteiger partial charge in [-0.15, -0.1) is 12.3 Å². The van der Waals surface area contributed by atoms with E-state index >= 15 is 0 Å². The standard InChI is InChI=1S/C9H16O2/c1-4-7-8(10)9(5-2)11-6-3/h1,8-10H,5-7H2,2-3H3. The fraction of sp³-hybridized carbons (Fsp3) is 0.778. The molecule has 64 valence electrons. The molecule has 0 aromatic rings. The van der Waals surface area contributed by atoms with Gasteiger partial charge in [0.25, 0.3) is 0 Å². The summed E-state index contributed by atoms with van der Waals surface area (Å²) in [6, 6.07) is 0. The SMILES string of the molecule is C#CCC(O)C(CC)OCC. The maximum atomic E-state index is 9.37. The van der Waals surface area contributed by atoms with Crippen LogP contribution >= 0.6 is 0 Å². The molecule has 0 saturated heterocycles. The zero-order valence-electron chi connectivity index (χ0n) is 7.21. The van der Waals surface area contributed by atoms with Crippen LogP contribution in [0, 0.1) is 12.3 Å². The first-order valence-electron chi connectivity index (χ1n) is 3.99. The third kappa shape index (κ3) is 4.02. The number of aliphatic hydroxyl groups excluding tert-OH is 1. The highest BCUT2D eigenvalue weighted by atomic mass is 16.5. The number of terminal acetylenes is 1. The van der Waals surface area contributed by atoms with E-state index < -0.39 is 6.10 Å². The zero-order valence-corrected chi connectivity index (χ0v) is 7.21. The third-order valence-corrected chi connectivity index (χ3v) is 1.54. The average molecular weight is 156 g/mol. The summed E-state index contributed by atoms with van der Waals surface area (Å²) in [5.74, 6) is 2.41. The molecule has 0 bridgehead atoms. The Hall–Kier alpha value is -0.520. The van der Waals surface area contributed by atoms with Crippen molar-refractivity contribution >= 4 is 0 Å². The van der Waals surface area contributed by atoms with Crippen LogP contribution < -0.4 is 0 Å². The van der Waals surface area contributed by atoms with Crippen LogP contribution in [0.3, 0.4) is 0 Å². The van der Waals surface area contributed by atoms with Gasteiger partial charge in [0.15, 0.2) is 0 Å². The molecular formula is C9H16O2. The summed E-state index contributed by atoms with van der Waals surface area (Å²) in [6.07, 6.45) is 5.62. The lowest BCUT2D eigenvalue weighted by molar-refractivity contribution is -0.0314. The summed E-state index contributed by atoms with van der Waals surface area (Å²) in [4.78, 5) is 0. The first kappa shape index (κ1) is 10.5. The summed E-state index contributed by atoms with van der Waals surface area (Å²) < 4.78 is 5.26. The Morgan fingerprint density at radius 1 is 1.55 bits per heavy atom. The highest BCUT2D eigenvalue weighted by Crippen LogP contribution is 2.06. The first-order chi connectivity index (χ1) is 5.26. The minimum absolute atomic E-state index is 0.101. The van der Waals surface area contributed by atoms with Crippen molar-refractivity contribution in [3.8, 4) is 12.3 Å². The summed E-state index contributed by atoms with van der Waals surface area (Å²) in [7, 11) is 0. The Kier molecular flexibility index (Phi) is 5.91. The Morgan fingerprint density at radius 2 is 2.18 bits per heavy atom. The predicted molar refractivity (Wildman–Crippen MR) is 45.2 cm³/mol. The van der Waals surface area contributed by atoms with Crippen molar-refractivity contribution in [3.63, 3.8) is 0 Å². The summed E-state index contributed by atoms with van der Waals surface area (Å²) >= 11 is 0. The van der Waals surface area contributed by atoms with Gasteiger partial charge in [-0.3, -0.25) is 0 Å². The molecule has 2 atom stereocenters. The van der Waals surface area contributed by atoms with E-state index in [9.17, 15) is 5.11 Å². The van der Waals surface area contributed by atoms with Gasteiger partial charge in [0.2, 0.25) is 0 Å². The van der Waals surface area contributed by atoms with E-state index in [1.54, 1.807) is 0 Å². The van der Waals surface area contributed by atoms with E-state index in [0.29, 0.717) is 13.0 Å². The molecule has 0 aliphatic heterocycles. The van der Waals surface area contributed by atoms with Gasteiger partial charge in [-0.05, 0) is 13.3 Å². The van der Waals surface area contributed by atoms with E-state index in [1.807, 2.05) is 13.8 Å². The maximum absolute atomic E-state index is 9.37. The molecule has 0 heterocycles. The molecule has 0 aliphatic carbocycles. The van der Waals surface area contributed by atoms with Crippen LogP contribution in [0.1, 0.15) is 26.7 Å². The maximum Gasteiger partial charge on any atom is 0.0910 e. The molecule has 1 N–H and O–H groups in total. The molecule has 0 amide bonds. The highest BCUT2D eigenvalue weighted by Gasteiger charge is 2.15. The molecule has 2 unspecified atom stereocenters. The van der Waals surface area contributed by atoms with E-state index in [2.05, 4.69) is 5.92 Å². The molecule has 0 aliphatic rings. The minimum Gasteiger partial charge on any atom is -0.389 e. The topological polar surface area (TPSA) is 29.5 Å². The van der Waals surface area contributed by atoms with Crippen LogP contribution in [0.25, 0.3) is 0 Å². The Labute approximate surface area is 68.6 Å². The molecule has 11 heavy (non-hydrogen) atoms. The van der Waals surface area contributed by atoms with Gasteiger partial charge in [-0.1, -0.05) is 6.92 Å². The lowest BCUT2D eigenvalue weighted by Gasteiger charge is -2.19. The molecule has 0 aromatic heterocycles. The zero-order chi connectivity index (χ0) is 8.69. The molecular weight excluding hydrogens is 140 g/mol. The molecule has 0 rings (SSSR count). The number of ether oxygens (including phenoxy) is 1. The quantitative estimate of drug-likeness (QED) is 0.606. The van der Waals surface area contributed by atoms with Crippen molar-refractivity contribution in [3.05, 3.63) is 0 Å². The van der Waals surface area contributed by atoms with E-state index in [4.69, 9.17) is 11.2 Å². The van der Waals surface area contributed by atoms with Gasteiger partial charge in [-0.25, -0.2) is 0 Å². The van der Waals surface area contributed by atoms with Gasteiger partial charge in [0.1, 0.15) is 0 Å². The number of hydrogen-bond donors (Lipinski definition) is 1. The Bertz CT molecular complexity index is 126. The van der Waals surface area contributed by atoms with Crippen LogP contribution in [-0.2, 0) is 4.74 Å². The smallest absolute Gasteiger partial charge is 0.0910 e. The van der Waals surface area contributed by atoms with Crippen LogP contribution in [0.2, 0.25) is 0 Å². The van der Waals surface area contributed by atoms with Crippen LogP contribution in [-0.4, -0.2) is 23.9 Å². The predicted octanol–water partition coefficient (Wildman–Crippen LogP) is 1.19. The van der Waals surface area contributed by atoms with E-state index in [-0.39, 0.29) is 6.10 Å². The summed E-state index contributed by atoms with van der Waals surface area (Å²) in [5.41, 5.74) is 0. The summed E-state index contributed by atoms with van der Waals surface area (Å²) in [6.45, 7) is 4.51. The molecule has 0 spiro atoms. The highest BCUT2D eigenvalue weighted by molar-refractivity contribution is 4.89. The largest absolute Gasteiger partial charge is 0.389 e. The van der Waals surface area contributed by atoms with Crippen molar-refractivity contribution in [2.75, 3.05) is 6.61 Å². The van der Waals surface area contributed by atoms with Crippen molar-refractivity contribution < 1.29 is 9.84 Å². The third-order valence-electron chi connectivity index (χ3n) is 1.54. The monoisotopic (exact) mass is 156 g/mol. The summed E-state index contributed by atoms with van der Waals surface area (Å²) in [5, 5.41) is 9.37. The average Bonchev–Trinajstić information content (AvgIpc) is 2.00. The van der Waals surface area contributed by atoms with Crippen molar-refractivity contribution in [2.45, 2.75) is 38.9 Å². The lowest BCUT2D eigenvalue weighted by Crippen LogP contribution is -2.27. The second kappa shape index (κ2) is 6.21. The van der Waals surface area contributed by atoms with Crippen molar-refractivity contribution in [2.24, 2.45) is 0 Å². The van der Waals surface area contributed by atoms with Crippen molar-refractivity contribution in [1.29, 1.82) is 0 Å². The van der Waals surface area contributed by atoms with Gasteiger partial charge >= 0.3 is 0 Å². The van der Waals surface area contributed by atoms with Crippen molar-refractivity contribution in [1.82, 2.24) is 0 Å². The molecule has 0 aromatic carbocycles. The van der Waals surface area contributed by atoms with Crippen LogP contribution in [0.15, 0.2) is 0 Å². The van der Waals surface area contributed by atoms with E-state index in [0.717, 1.165) is 6.42 Å². The molecule has 2 nitrogen and oxygen atoms in total. The van der Waals surface area contributed by atoms with E-state index in [1.165, 1.54) is 0 Å². The number of aliphatic hydroxyl groups is 1. The molecule has 0 radical (unpaired) electrons. The second-order valence-electron chi connectivity index (χ2n) is 2.38. The molecule has 0 saturated carbocycles. The molecule has 2 heteroatoms. The second-order valence-corrected chi connectivity index (χ2v) is 2.38. The molecule has 0 fully saturated rings. The Balaban J connectivity index is 3.73. The van der Waals surface area contributed by atoms with Gasteiger partial charge in [-0.2, -0.15) is 0 Å². The minimum atomic E-state index is -0.509. The van der Waals surface area contributed by atoms with Gasteiger partial charge < -0.3 is 9.84 Å². The number of hydrogen-bond acceptors (Lipinski definition) is 2.